The first-order chi connectivity index (χ1) is 11.2. The Labute approximate surface area is 143 Å². The van der Waals surface area contributed by atoms with E-state index in [-0.39, 0.29) is 12.1 Å². The molecule has 0 aromatic rings. The van der Waals surface area contributed by atoms with Crippen LogP contribution in [0.1, 0.15) is 39.0 Å². The zero-order valence-corrected chi connectivity index (χ0v) is 15.2. The molecule has 0 aliphatic heterocycles. The van der Waals surface area contributed by atoms with Gasteiger partial charge >= 0.3 is 6.09 Å². The molecule has 0 spiro atoms. The van der Waals surface area contributed by atoms with Gasteiger partial charge in [-0.05, 0) is 51.2 Å². The molecule has 1 amide bonds. The number of thioether (sulfide) groups is 1. The van der Waals surface area contributed by atoms with E-state index in [2.05, 4.69) is 27.2 Å². The molecule has 7 heteroatoms. The normalized spacial score (nSPS) is 25.8. The van der Waals surface area contributed by atoms with Crippen molar-refractivity contribution in [3.63, 3.8) is 0 Å². The fourth-order valence-corrected chi connectivity index (χ4v) is 3.83. The second-order valence-corrected chi connectivity index (χ2v) is 7.41. The van der Waals surface area contributed by atoms with Gasteiger partial charge in [0.2, 0.25) is 0 Å². The zero-order chi connectivity index (χ0) is 16.7. The Kier molecular flexibility index (Phi) is 7.33. The van der Waals surface area contributed by atoms with Crippen LogP contribution >= 0.6 is 11.8 Å². The molecule has 3 N–H and O–H groups in total. The lowest BCUT2D eigenvalue weighted by Gasteiger charge is -2.22. The van der Waals surface area contributed by atoms with Crippen LogP contribution in [0.5, 0.6) is 0 Å². The Morgan fingerprint density at radius 2 is 2.13 bits per heavy atom. The first-order valence-electron chi connectivity index (χ1n) is 8.59. The number of amides is 1. The van der Waals surface area contributed by atoms with E-state index in [4.69, 9.17) is 4.74 Å². The summed E-state index contributed by atoms with van der Waals surface area (Å²) in [5.41, 5.74) is 0. The number of ether oxygens (including phenoxy) is 1. The molecule has 0 bridgehead atoms. The van der Waals surface area contributed by atoms with Crippen LogP contribution in [0.2, 0.25) is 0 Å². The number of alkyl carbamates (subject to hydrolysis) is 1. The molecule has 0 radical (unpaired) electrons. The number of nitrogens with one attached hydrogen (secondary N) is 3. The first kappa shape index (κ1) is 18.2. The van der Waals surface area contributed by atoms with Crippen molar-refractivity contribution in [3.05, 3.63) is 0 Å². The van der Waals surface area contributed by atoms with Crippen molar-refractivity contribution in [2.75, 3.05) is 26.5 Å². The van der Waals surface area contributed by atoms with Gasteiger partial charge in [-0.1, -0.05) is 0 Å². The van der Waals surface area contributed by atoms with E-state index in [0.717, 1.165) is 11.2 Å². The van der Waals surface area contributed by atoms with Crippen molar-refractivity contribution in [1.29, 1.82) is 0 Å². The molecule has 3 atom stereocenters. The highest BCUT2D eigenvalue weighted by Crippen LogP contribution is 2.32. The minimum atomic E-state index is -0.326. The summed E-state index contributed by atoms with van der Waals surface area (Å²) in [5, 5.41) is 10.6. The average Bonchev–Trinajstić information content (AvgIpc) is 3.29. The van der Waals surface area contributed by atoms with Gasteiger partial charge in [0, 0.05) is 24.9 Å². The molecule has 3 unspecified atom stereocenters. The van der Waals surface area contributed by atoms with E-state index >= 15 is 0 Å². The summed E-state index contributed by atoms with van der Waals surface area (Å²) in [6.45, 7) is 2.90. The van der Waals surface area contributed by atoms with Crippen molar-refractivity contribution in [3.8, 4) is 0 Å². The molecule has 0 heterocycles. The van der Waals surface area contributed by atoms with E-state index in [0.29, 0.717) is 25.1 Å². The Balaban J connectivity index is 1.75. The predicted molar refractivity (Wildman–Crippen MR) is 96.1 cm³/mol. The number of carbonyl (C=O) groups is 1. The van der Waals surface area contributed by atoms with Crippen molar-refractivity contribution in [2.45, 2.75) is 56.4 Å². The van der Waals surface area contributed by atoms with Gasteiger partial charge in [0.25, 0.3) is 0 Å². The number of nitrogens with zero attached hydrogens (tertiary/aromatic N) is 1. The largest absolute Gasteiger partial charge is 0.450 e. The van der Waals surface area contributed by atoms with Crippen molar-refractivity contribution < 1.29 is 9.53 Å². The highest BCUT2D eigenvalue weighted by Gasteiger charge is 2.33. The maximum atomic E-state index is 11.6. The number of carbonyl (C=O) groups excluding carboxylic acids is 1. The first-order valence-corrected chi connectivity index (χ1v) is 9.88. The van der Waals surface area contributed by atoms with Gasteiger partial charge in [-0.2, -0.15) is 11.8 Å². The minimum Gasteiger partial charge on any atom is -0.450 e. The molecule has 0 saturated heterocycles. The maximum Gasteiger partial charge on any atom is 0.407 e. The fourth-order valence-electron chi connectivity index (χ4n) is 3.04. The van der Waals surface area contributed by atoms with Crippen LogP contribution in [0.3, 0.4) is 0 Å². The number of rotatable bonds is 7. The number of hydrogen-bond acceptors (Lipinski definition) is 4. The molecule has 23 heavy (non-hydrogen) atoms. The highest BCUT2D eigenvalue weighted by molar-refractivity contribution is 7.99. The van der Waals surface area contributed by atoms with Gasteiger partial charge in [0.1, 0.15) is 0 Å². The van der Waals surface area contributed by atoms with E-state index < -0.39 is 0 Å². The summed E-state index contributed by atoms with van der Waals surface area (Å²) in [6, 6.07) is 0.603. The minimum absolute atomic E-state index is 0.107. The summed E-state index contributed by atoms with van der Waals surface area (Å²) in [7, 11) is 1.79. The third-order valence-corrected chi connectivity index (χ3v) is 5.64. The predicted octanol–water partition coefficient (Wildman–Crippen LogP) is 1.96. The second kappa shape index (κ2) is 9.25. The standard InChI is InChI=1S/C16H30N4O2S/c1-4-22-16(21)20-14(11-5-6-11)10-18-15(17-2)19-12-7-8-13(9-12)23-3/h11-14H,4-10H2,1-3H3,(H,20,21)(H2,17,18,19). The van der Waals surface area contributed by atoms with Gasteiger partial charge in [-0.25, -0.2) is 4.79 Å². The lowest BCUT2D eigenvalue weighted by atomic mass is 10.2. The summed E-state index contributed by atoms with van der Waals surface area (Å²) in [6.07, 6.45) is 7.85. The lowest BCUT2D eigenvalue weighted by molar-refractivity contribution is 0.146. The topological polar surface area (TPSA) is 74.8 Å². The van der Waals surface area contributed by atoms with Crippen molar-refractivity contribution >= 4 is 23.8 Å². The zero-order valence-electron chi connectivity index (χ0n) is 14.4. The molecule has 2 fully saturated rings. The van der Waals surface area contributed by atoms with Gasteiger partial charge in [0.05, 0.1) is 12.6 Å². The maximum absolute atomic E-state index is 11.6. The molecule has 2 aliphatic rings. The summed E-state index contributed by atoms with van der Waals surface area (Å²) < 4.78 is 4.99. The van der Waals surface area contributed by atoms with Crippen LogP contribution in [0.15, 0.2) is 4.99 Å². The smallest absolute Gasteiger partial charge is 0.407 e. The summed E-state index contributed by atoms with van der Waals surface area (Å²) >= 11 is 1.95. The quantitative estimate of drug-likeness (QED) is 0.487. The van der Waals surface area contributed by atoms with Gasteiger partial charge < -0.3 is 20.7 Å². The monoisotopic (exact) mass is 342 g/mol. The Morgan fingerprint density at radius 3 is 2.70 bits per heavy atom. The number of guanidine groups is 1. The van der Waals surface area contributed by atoms with Crippen LogP contribution in [-0.4, -0.2) is 55.8 Å². The van der Waals surface area contributed by atoms with E-state index in [1.54, 1.807) is 7.05 Å². The van der Waals surface area contributed by atoms with Crippen molar-refractivity contribution in [2.24, 2.45) is 10.9 Å². The van der Waals surface area contributed by atoms with E-state index in [1.807, 2.05) is 18.7 Å². The van der Waals surface area contributed by atoms with E-state index in [9.17, 15) is 4.79 Å². The number of aliphatic imine (C=N–C) groups is 1. The fraction of sp³-hybridized carbons (Fsp3) is 0.875. The average molecular weight is 343 g/mol. The Hall–Kier alpha value is -1.11. The number of hydrogen-bond donors (Lipinski definition) is 3. The van der Waals surface area contributed by atoms with Crippen molar-refractivity contribution in [1.82, 2.24) is 16.0 Å². The Morgan fingerprint density at radius 1 is 1.35 bits per heavy atom. The van der Waals surface area contributed by atoms with Gasteiger partial charge in [0.15, 0.2) is 5.96 Å². The highest BCUT2D eigenvalue weighted by atomic mass is 32.2. The molecule has 132 valence electrons. The Bertz CT molecular complexity index is 415. The van der Waals surface area contributed by atoms with Crippen LogP contribution in [0.4, 0.5) is 4.79 Å². The van der Waals surface area contributed by atoms with Crippen LogP contribution in [0.25, 0.3) is 0 Å². The summed E-state index contributed by atoms with van der Waals surface area (Å²) in [4.78, 5) is 16.0. The van der Waals surface area contributed by atoms with Crippen LogP contribution in [0, 0.1) is 5.92 Å². The van der Waals surface area contributed by atoms with Gasteiger partial charge in [-0.3, -0.25) is 4.99 Å². The van der Waals surface area contributed by atoms with E-state index in [1.165, 1.54) is 32.1 Å². The molecule has 6 nitrogen and oxygen atoms in total. The molecular weight excluding hydrogens is 312 g/mol. The molecule has 2 aliphatic carbocycles. The third kappa shape index (κ3) is 6.12. The molecule has 2 rings (SSSR count). The van der Waals surface area contributed by atoms with Crippen LogP contribution < -0.4 is 16.0 Å². The third-order valence-electron chi connectivity index (χ3n) is 4.54. The molecule has 2 saturated carbocycles. The molecule has 0 aromatic heterocycles. The SMILES string of the molecule is CCOC(=O)NC(CNC(=NC)NC1CCC(SC)C1)C1CC1. The van der Waals surface area contributed by atoms with Gasteiger partial charge in [-0.15, -0.1) is 0 Å². The lowest BCUT2D eigenvalue weighted by Crippen LogP contribution is -2.49. The summed E-state index contributed by atoms with van der Waals surface area (Å²) in [5.74, 6) is 1.38. The molecule has 0 aromatic carbocycles. The van der Waals surface area contributed by atoms with Crippen LogP contribution in [-0.2, 0) is 4.74 Å². The second-order valence-electron chi connectivity index (χ2n) is 6.27. The molecular formula is C16H30N4O2S.